The van der Waals surface area contributed by atoms with Crippen molar-refractivity contribution in [3.63, 3.8) is 0 Å². The minimum atomic E-state index is -0.798. The van der Waals surface area contributed by atoms with Crippen LogP contribution in [0.3, 0.4) is 0 Å². The topological polar surface area (TPSA) is 78.9 Å². The molecular weight excluding hydrogens is 997 g/mol. The number of unbranched alkanes of at least 4 members (excludes halogenated alkanes) is 27. The maximum absolute atomic E-state index is 12.9. The predicted octanol–water partition coefficient (Wildman–Crippen LogP) is 23.3. The van der Waals surface area contributed by atoms with Crippen LogP contribution in [-0.2, 0) is 28.6 Å². The molecule has 0 aromatic carbocycles. The summed E-state index contributed by atoms with van der Waals surface area (Å²) in [4.78, 5) is 38.3. The van der Waals surface area contributed by atoms with E-state index in [4.69, 9.17) is 14.2 Å². The van der Waals surface area contributed by atoms with Crippen molar-refractivity contribution in [2.75, 3.05) is 13.2 Å². The average molecular weight is 1120 g/mol. The highest BCUT2D eigenvalue weighted by Crippen LogP contribution is 2.16. The summed E-state index contributed by atoms with van der Waals surface area (Å²) in [6.45, 7) is 6.37. The standard InChI is InChI=1S/C75H124O6/c1-4-7-10-13-16-19-22-25-27-29-31-32-33-34-35-36-37-38-39-40-41-42-44-45-47-50-53-56-59-62-65-68-74(77)80-71-72(70-79-73(76)67-64-61-58-55-52-49-24-21-18-15-12-9-6-3)81-75(78)69-66-63-60-57-54-51-48-46-43-30-28-26-23-20-17-14-11-8-5-2/h7,9-10,12,16-21,25-28,31-32,34-35,37-38,49,52,72H,4-6,8,11,13-15,22-24,29-30,33,36,39-48,50-51,53-71H2,1-3H3/b10-7-,12-9-,19-16-,20-17-,21-18-,27-25-,28-26-,32-31-,35-34-,38-37-,52-49-. The van der Waals surface area contributed by atoms with Gasteiger partial charge in [-0.3, -0.25) is 14.4 Å². The quantitative estimate of drug-likeness (QED) is 0.0261. The fourth-order valence-electron chi connectivity index (χ4n) is 9.14. The van der Waals surface area contributed by atoms with Crippen LogP contribution >= 0.6 is 0 Å². The van der Waals surface area contributed by atoms with E-state index in [1.807, 2.05) is 0 Å². The number of allylic oxidation sites excluding steroid dienone is 22. The van der Waals surface area contributed by atoms with Crippen molar-refractivity contribution < 1.29 is 28.6 Å². The molecule has 1 atom stereocenters. The van der Waals surface area contributed by atoms with Crippen molar-refractivity contribution in [2.45, 2.75) is 309 Å². The second-order valence-corrected chi connectivity index (χ2v) is 22.0. The van der Waals surface area contributed by atoms with E-state index in [1.54, 1.807) is 0 Å². The normalized spacial score (nSPS) is 13.0. The number of carbonyl (C=O) groups is 3. The summed E-state index contributed by atoms with van der Waals surface area (Å²) < 4.78 is 16.9. The molecular formula is C75H124O6. The number of esters is 3. The molecule has 6 heteroatoms. The van der Waals surface area contributed by atoms with E-state index in [1.165, 1.54) is 135 Å². The third-order valence-electron chi connectivity index (χ3n) is 14.1. The highest BCUT2D eigenvalue weighted by Gasteiger charge is 2.19. The van der Waals surface area contributed by atoms with Crippen molar-refractivity contribution in [3.8, 4) is 0 Å². The van der Waals surface area contributed by atoms with Crippen molar-refractivity contribution in [3.05, 3.63) is 134 Å². The summed E-state index contributed by atoms with van der Waals surface area (Å²) in [5.74, 6) is -0.923. The van der Waals surface area contributed by atoms with Crippen LogP contribution < -0.4 is 0 Å². The van der Waals surface area contributed by atoms with Crippen LogP contribution in [-0.4, -0.2) is 37.2 Å². The van der Waals surface area contributed by atoms with Crippen LogP contribution in [0, 0.1) is 0 Å². The summed E-state index contributed by atoms with van der Waals surface area (Å²) in [6, 6.07) is 0. The Bertz CT molecular complexity index is 1720. The lowest BCUT2D eigenvalue weighted by Gasteiger charge is -2.18. The lowest BCUT2D eigenvalue weighted by atomic mass is 10.0. The molecule has 460 valence electrons. The van der Waals surface area contributed by atoms with Crippen molar-refractivity contribution in [2.24, 2.45) is 0 Å². The van der Waals surface area contributed by atoms with Gasteiger partial charge < -0.3 is 14.2 Å². The molecule has 0 aliphatic rings. The summed E-state index contributed by atoms with van der Waals surface area (Å²) >= 11 is 0. The summed E-state index contributed by atoms with van der Waals surface area (Å²) in [6.07, 6.45) is 96.1. The predicted molar refractivity (Wildman–Crippen MR) is 353 cm³/mol. The summed E-state index contributed by atoms with van der Waals surface area (Å²) in [5.41, 5.74) is 0. The molecule has 0 aromatic rings. The van der Waals surface area contributed by atoms with Crippen molar-refractivity contribution in [1.82, 2.24) is 0 Å². The zero-order valence-corrected chi connectivity index (χ0v) is 52.8. The van der Waals surface area contributed by atoms with Gasteiger partial charge in [-0.05, 0) is 135 Å². The first-order valence-corrected chi connectivity index (χ1v) is 33.7. The summed E-state index contributed by atoms with van der Waals surface area (Å²) in [5, 5.41) is 0. The average Bonchev–Trinajstić information content (AvgIpc) is 3.46. The number of carbonyl (C=O) groups excluding carboxylic acids is 3. The molecule has 0 aliphatic carbocycles. The molecule has 1 unspecified atom stereocenters. The molecule has 0 N–H and O–H groups in total. The van der Waals surface area contributed by atoms with Gasteiger partial charge in [0, 0.05) is 19.3 Å². The van der Waals surface area contributed by atoms with Gasteiger partial charge in [-0.1, -0.05) is 283 Å². The van der Waals surface area contributed by atoms with E-state index in [0.717, 1.165) is 128 Å². The molecule has 81 heavy (non-hydrogen) atoms. The molecule has 0 aliphatic heterocycles. The maximum Gasteiger partial charge on any atom is 0.306 e. The zero-order chi connectivity index (χ0) is 58.5. The monoisotopic (exact) mass is 1120 g/mol. The first-order chi connectivity index (χ1) is 40.0. The van der Waals surface area contributed by atoms with E-state index in [-0.39, 0.29) is 31.1 Å². The number of ether oxygens (including phenoxy) is 3. The summed E-state index contributed by atoms with van der Waals surface area (Å²) in [7, 11) is 0. The lowest BCUT2D eigenvalue weighted by Crippen LogP contribution is -2.30. The number of hydrogen-bond acceptors (Lipinski definition) is 6. The van der Waals surface area contributed by atoms with E-state index < -0.39 is 6.10 Å². The number of rotatable bonds is 60. The zero-order valence-electron chi connectivity index (χ0n) is 52.8. The van der Waals surface area contributed by atoms with Crippen LogP contribution in [0.15, 0.2) is 134 Å². The van der Waals surface area contributed by atoms with Gasteiger partial charge >= 0.3 is 17.9 Å². The van der Waals surface area contributed by atoms with E-state index >= 15 is 0 Å². The number of hydrogen-bond donors (Lipinski definition) is 0. The highest BCUT2D eigenvalue weighted by molar-refractivity contribution is 5.71. The third-order valence-corrected chi connectivity index (χ3v) is 14.1. The van der Waals surface area contributed by atoms with Crippen LogP contribution in [0.4, 0.5) is 0 Å². The largest absolute Gasteiger partial charge is 0.462 e. The molecule has 0 radical (unpaired) electrons. The molecule has 0 heterocycles. The third kappa shape index (κ3) is 66.2. The first-order valence-electron chi connectivity index (χ1n) is 33.7. The SMILES string of the molecule is CC/C=C\C/C=C\C/C=C\C/C=C\C/C=C\C/C=C\CCCCCCCCCCCCCCC(=O)OCC(COC(=O)CCCCC/C=C\C/C=C\C/C=C\CC)OC(=O)CCCCCCCCCCC/C=C\C/C=C\CCCCC. The van der Waals surface area contributed by atoms with E-state index in [2.05, 4.69) is 154 Å². The maximum atomic E-state index is 12.9. The fraction of sp³-hybridized carbons (Fsp3) is 0.667. The lowest BCUT2D eigenvalue weighted by molar-refractivity contribution is -0.167. The van der Waals surface area contributed by atoms with Crippen LogP contribution in [0.5, 0.6) is 0 Å². The van der Waals surface area contributed by atoms with Crippen LogP contribution in [0.2, 0.25) is 0 Å². The Morgan fingerprint density at radius 2 is 0.481 bits per heavy atom. The van der Waals surface area contributed by atoms with Gasteiger partial charge in [-0.15, -0.1) is 0 Å². The van der Waals surface area contributed by atoms with Gasteiger partial charge in [-0.25, -0.2) is 0 Å². The Hall–Kier alpha value is -4.45. The molecule has 0 saturated carbocycles. The van der Waals surface area contributed by atoms with E-state index in [0.29, 0.717) is 19.3 Å². The minimum absolute atomic E-state index is 0.0921. The Labute approximate surface area is 500 Å². The van der Waals surface area contributed by atoms with E-state index in [9.17, 15) is 14.4 Å². The Kier molecular flexibility index (Phi) is 64.3. The smallest absolute Gasteiger partial charge is 0.306 e. The molecule has 0 spiro atoms. The van der Waals surface area contributed by atoms with Crippen molar-refractivity contribution in [1.29, 1.82) is 0 Å². The Balaban J connectivity index is 4.29. The molecule has 0 fully saturated rings. The second kappa shape index (κ2) is 68.1. The fourth-order valence-corrected chi connectivity index (χ4v) is 9.14. The highest BCUT2D eigenvalue weighted by atomic mass is 16.6. The Morgan fingerprint density at radius 3 is 0.765 bits per heavy atom. The van der Waals surface area contributed by atoms with Gasteiger partial charge in [0.15, 0.2) is 6.10 Å². The van der Waals surface area contributed by atoms with Gasteiger partial charge in [0.1, 0.15) is 13.2 Å². The first kappa shape index (κ1) is 76.5. The minimum Gasteiger partial charge on any atom is -0.462 e. The van der Waals surface area contributed by atoms with Gasteiger partial charge in [0.2, 0.25) is 0 Å². The van der Waals surface area contributed by atoms with Crippen LogP contribution in [0.25, 0.3) is 0 Å². The molecule has 0 bridgehead atoms. The van der Waals surface area contributed by atoms with Crippen LogP contribution in [0.1, 0.15) is 303 Å². The van der Waals surface area contributed by atoms with Crippen molar-refractivity contribution >= 4 is 17.9 Å². The van der Waals surface area contributed by atoms with Gasteiger partial charge in [0.25, 0.3) is 0 Å². The Morgan fingerprint density at radius 1 is 0.259 bits per heavy atom. The molecule has 0 saturated heterocycles. The second-order valence-electron chi connectivity index (χ2n) is 22.0. The van der Waals surface area contributed by atoms with Gasteiger partial charge in [0.05, 0.1) is 0 Å². The molecule has 6 nitrogen and oxygen atoms in total. The molecule has 0 aromatic heterocycles. The van der Waals surface area contributed by atoms with Gasteiger partial charge in [-0.2, -0.15) is 0 Å². The molecule has 0 rings (SSSR count). The molecule has 0 amide bonds.